The van der Waals surface area contributed by atoms with Crippen LogP contribution in [0.5, 0.6) is 5.75 Å². The summed E-state index contributed by atoms with van der Waals surface area (Å²) in [7, 11) is 0. The van der Waals surface area contributed by atoms with Crippen molar-refractivity contribution < 1.29 is 9.84 Å². The van der Waals surface area contributed by atoms with Crippen LogP contribution in [0.2, 0.25) is 0 Å². The second kappa shape index (κ2) is 8.87. The zero-order valence-corrected chi connectivity index (χ0v) is 15.8. The Morgan fingerprint density at radius 2 is 1.81 bits per heavy atom. The molecule has 0 saturated heterocycles. The molecule has 0 radical (unpaired) electrons. The van der Waals surface area contributed by atoms with Gasteiger partial charge in [0.15, 0.2) is 11.0 Å². The number of benzene rings is 2. The Balaban J connectivity index is 1.59. The Morgan fingerprint density at radius 3 is 2.54 bits per heavy atom. The summed E-state index contributed by atoms with van der Waals surface area (Å²) < 4.78 is 7.78. The van der Waals surface area contributed by atoms with Crippen molar-refractivity contribution in [1.29, 1.82) is 0 Å². The van der Waals surface area contributed by atoms with Crippen molar-refractivity contribution in [2.75, 3.05) is 12.4 Å². The molecule has 5 nitrogen and oxygen atoms in total. The first-order valence-electron chi connectivity index (χ1n) is 8.67. The lowest BCUT2D eigenvalue weighted by atomic mass is 10.2. The maximum Gasteiger partial charge on any atom is 0.191 e. The second-order valence-corrected chi connectivity index (χ2v) is 6.94. The van der Waals surface area contributed by atoms with Gasteiger partial charge in [0.2, 0.25) is 0 Å². The van der Waals surface area contributed by atoms with Gasteiger partial charge in [-0.1, -0.05) is 60.3 Å². The molecule has 6 heteroatoms. The molecule has 1 atom stereocenters. The van der Waals surface area contributed by atoms with Crippen LogP contribution >= 0.6 is 11.8 Å². The molecule has 1 heterocycles. The second-order valence-electron chi connectivity index (χ2n) is 5.96. The first kappa shape index (κ1) is 18.5. The Bertz CT molecular complexity index is 836. The van der Waals surface area contributed by atoms with E-state index < -0.39 is 6.10 Å². The van der Waals surface area contributed by atoms with Crippen LogP contribution in [0.1, 0.15) is 12.5 Å². The number of aromatic nitrogens is 3. The first-order chi connectivity index (χ1) is 12.7. The molecular formula is C20H23N3O2S. The summed E-state index contributed by atoms with van der Waals surface area (Å²) in [6.07, 6.45) is -0.582. The number of hydrogen-bond donors (Lipinski definition) is 1. The van der Waals surface area contributed by atoms with E-state index in [-0.39, 0.29) is 6.61 Å². The molecule has 0 fully saturated rings. The summed E-state index contributed by atoms with van der Waals surface area (Å²) in [6.45, 7) is 5.09. The number of aliphatic hydroxyl groups excluding tert-OH is 1. The van der Waals surface area contributed by atoms with Crippen molar-refractivity contribution in [2.24, 2.45) is 0 Å². The van der Waals surface area contributed by atoms with Crippen LogP contribution in [-0.2, 0) is 6.54 Å². The number of ether oxygens (including phenoxy) is 1. The third-order valence-corrected chi connectivity index (χ3v) is 5.11. The minimum absolute atomic E-state index is 0.254. The normalized spacial score (nSPS) is 12.1. The fraction of sp³-hybridized carbons (Fsp3) is 0.300. The van der Waals surface area contributed by atoms with Crippen molar-refractivity contribution >= 4 is 11.8 Å². The predicted octanol–water partition coefficient (Wildman–Crippen LogP) is 3.81. The van der Waals surface area contributed by atoms with E-state index in [0.29, 0.717) is 5.75 Å². The molecule has 0 aliphatic rings. The zero-order valence-electron chi connectivity index (χ0n) is 15.0. The number of rotatable bonds is 8. The van der Waals surface area contributed by atoms with Crippen LogP contribution in [0, 0.1) is 6.92 Å². The van der Waals surface area contributed by atoms with E-state index in [0.717, 1.165) is 34.4 Å². The number of thioether (sulfide) groups is 1. The molecule has 26 heavy (non-hydrogen) atoms. The van der Waals surface area contributed by atoms with Crippen LogP contribution in [-0.4, -0.2) is 38.3 Å². The summed E-state index contributed by atoms with van der Waals surface area (Å²) >= 11 is 1.49. The van der Waals surface area contributed by atoms with Gasteiger partial charge in [0.05, 0.1) is 6.10 Å². The molecule has 0 amide bonds. The topological polar surface area (TPSA) is 60.2 Å². The molecule has 0 saturated carbocycles. The summed E-state index contributed by atoms with van der Waals surface area (Å²) in [5.41, 5.74) is 2.10. The standard InChI is InChI=1S/C20H23N3O2S/c1-3-23-19(16-10-5-4-6-11-16)21-22-20(23)26-14-17(24)13-25-18-12-8-7-9-15(18)2/h4-12,17,24H,3,13-14H2,1-2H3/t17-/m1/s1. The van der Waals surface area contributed by atoms with Gasteiger partial charge in [-0.05, 0) is 25.5 Å². The van der Waals surface area contributed by atoms with Crippen LogP contribution < -0.4 is 4.74 Å². The quantitative estimate of drug-likeness (QED) is 0.612. The van der Waals surface area contributed by atoms with Gasteiger partial charge in [-0.2, -0.15) is 0 Å². The lowest BCUT2D eigenvalue weighted by Crippen LogP contribution is -2.20. The summed E-state index contributed by atoms with van der Waals surface area (Å²) in [4.78, 5) is 0. The summed E-state index contributed by atoms with van der Waals surface area (Å²) in [5, 5.41) is 19.7. The highest BCUT2D eigenvalue weighted by Crippen LogP contribution is 2.24. The number of aryl methyl sites for hydroxylation is 1. The zero-order chi connectivity index (χ0) is 18.4. The van der Waals surface area contributed by atoms with E-state index in [1.54, 1.807) is 0 Å². The molecule has 136 valence electrons. The highest BCUT2D eigenvalue weighted by molar-refractivity contribution is 7.99. The van der Waals surface area contributed by atoms with Gasteiger partial charge in [-0.3, -0.25) is 0 Å². The van der Waals surface area contributed by atoms with Crippen molar-refractivity contribution in [3.63, 3.8) is 0 Å². The third-order valence-electron chi connectivity index (χ3n) is 3.99. The number of nitrogens with zero attached hydrogens (tertiary/aromatic N) is 3. The number of aliphatic hydroxyl groups is 1. The average Bonchev–Trinajstić information content (AvgIpc) is 3.09. The Labute approximate surface area is 158 Å². The lowest BCUT2D eigenvalue weighted by molar-refractivity contribution is 0.126. The Hall–Kier alpha value is -2.31. The van der Waals surface area contributed by atoms with Crippen molar-refractivity contribution in [3.05, 3.63) is 60.2 Å². The number of para-hydroxylation sites is 1. The first-order valence-corrected chi connectivity index (χ1v) is 9.65. The molecule has 0 unspecified atom stereocenters. The maximum absolute atomic E-state index is 10.2. The van der Waals surface area contributed by atoms with Crippen molar-refractivity contribution in [1.82, 2.24) is 14.8 Å². The monoisotopic (exact) mass is 369 g/mol. The van der Waals surface area contributed by atoms with Crippen molar-refractivity contribution in [2.45, 2.75) is 31.7 Å². The van der Waals surface area contributed by atoms with Crippen LogP contribution in [0.25, 0.3) is 11.4 Å². The van der Waals surface area contributed by atoms with E-state index >= 15 is 0 Å². The predicted molar refractivity (Wildman–Crippen MR) is 105 cm³/mol. The fourth-order valence-corrected chi connectivity index (χ4v) is 3.51. The van der Waals surface area contributed by atoms with Crippen LogP contribution in [0.4, 0.5) is 0 Å². The molecule has 1 aromatic heterocycles. The molecule has 2 aromatic carbocycles. The molecule has 3 aromatic rings. The molecular weight excluding hydrogens is 346 g/mol. The third kappa shape index (κ3) is 4.45. The van der Waals surface area contributed by atoms with Crippen LogP contribution in [0.15, 0.2) is 59.8 Å². The SMILES string of the molecule is CCn1c(SC[C@H](O)COc2ccccc2C)nnc1-c1ccccc1. The van der Waals surface area contributed by atoms with Gasteiger partial charge in [-0.15, -0.1) is 10.2 Å². The van der Waals surface area contributed by atoms with Gasteiger partial charge in [-0.25, -0.2) is 0 Å². The van der Waals surface area contributed by atoms with Crippen molar-refractivity contribution in [3.8, 4) is 17.1 Å². The van der Waals surface area contributed by atoms with Gasteiger partial charge in [0.25, 0.3) is 0 Å². The minimum atomic E-state index is -0.582. The minimum Gasteiger partial charge on any atom is -0.491 e. The Kier molecular flexibility index (Phi) is 6.30. The van der Waals surface area contributed by atoms with Gasteiger partial charge >= 0.3 is 0 Å². The highest BCUT2D eigenvalue weighted by atomic mass is 32.2. The Morgan fingerprint density at radius 1 is 1.08 bits per heavy atom. The van der Waals surface area contributed by atoms with Gasteiger partial charge < -0.3 is 14.4 Å². The highest BCUT2D eigenvalue weighted by Gasteiger charge is 2.15. The van der Waals surface area contributed by atoms with Gasteiger partial charge in [0, 0.05) is 17.9 Å². The van der Waals surface area contributed by atoms with E-state index in [4.69, 9.17) is 4.74 Å². The molecule has 0 spiro atoms. The average molecular weight is 369 g/mol. The summed E-state index contributed by atoms with van der Waals surface area (Å²) in [6, 6.07) is 17.8. The lowest BCUT2D eigenvalue weighted by Gasteiger charge is -2.13. The molecule has 0 aliphatic carbocycles. The van der Waals surface area contributed by atoms with E-state index in [1.807, 2.05) is 61.5 Å². The maximum atomic E-state index is 10.2. The summed E-state index contributed by atoms with van der Waals surface area (Å²) in [5.74, 6) is 2.15. The van der Waals surface area contributed by atoms with Crippen LogP contribution in [0.3, 0.4) is 0 Å². The van der Waals surface area contributed by atoms with Gasteiger partial charge in [0.1, 0.15) is 12.4 Å². The van der Waals surface area contributed by atoms with E-state index in [2.05, 4.69) is 21.7 Å². The molecule has 0 aliphatic heterocycles. The number of hydrogen-bond acceptors (Lipinski definition) is 5. The molecule has 3 rings (SSSR count). The molecule has 1 N–H and O–H groups in total. The molecule has 0 bridgehead atoms. The van der Waals surface area contributed by atoms with E-state index in [9.17, 15) is 5.11 Å². The smallest absolute Gasteiger partial charge is 0.191 e. The fourth-order valence-electron chi connectivity index (χ4n) is 2.60. The largest absolute Gasteiger partial charge is 0.491 e. The van der Waals surface area contributed by atoms with E-state index in [1.165, 1.54) is 11.8 Å².